The molecular formula is C14H17NO4S. The number of nitrogens with zero attached hydrogens (tertiary/aromatic N) is 1. The van der Waals surface area contributed by atoms with Gasteiger partial charge in [-0.05, 0) is 18.6 Å². The Morgan fingerprint density at radius 1 is 1.45 bits per heavy atom. The van der Waals surface area contributed by atoms with E-state index in [0.717, 1.165) is 5.75 Å². The first-order valence-corrected chi connectivity index (χ1v) is 7.55. The van der Waals surface area contributed by atoms with Gasteiger partial charge in [-0.2, -0.15) is 11.8 Å². The van der Waals surface area contributed by atoms with Crippen molar-refractivity contribution in [2.24, 2.45) is 0 Å². The van der Waals surface area contributed by atoms with Crippen molar-refractivity contribution in [3.8, 4) is 5.75 Å². The van der Waals surface area contributed by atoms with Crippen molar-refractivity contribution in [2.75, 3.05) is 18.1 Å². The van der Waals surface area contributed by atoms with Gasteiger partial charge >= 0.3 is 5.97 Å². The number of carboxylic acids is 1. The highest BCUT2D eigenvalue weighted by Crippen LogP contribution is 2.26. The van der Waals surface area contributed by atoms with E-state index in [1.165, 1.54) is 0 Å². The molecule has 1 aromatic rings. The maximum Gasteiger partial charge on any atom is 0.305 e. The lowest BCUT2D eigenvalue weighted by molar-refractivity contribution is -0.138. The Labute approximate surface area is 121 Å². The summed E-state index contributed by atoms with van der Waals surface area (Å²) in [7, 11) is 0. The average molecular weight is 295 g/mol. The second-order valence-corrected chi connectivity index (χ2v) is 5.95. The van der Waals surface area contributed by atoms with Gasteiger partial charge in [-0.15, -0.1) is 0 Å². The Kier molecular flexibility index (Phi) is 4.54. The normalized spacial score (nSPS) is 18.9. The van der Waals surface area contributed by atoms with Crippen LogP contribution in [0.4, 0.5) is 0 Å². The van der Waals surface area contributed by atoms with E-state index < -0.39 is 5.97 Å². The molecule has 108 valence electrons. The maximum atomic E-state index is 12.5. The molecule has 5 nitrogen and oxygen atoms in total. The second kappa shape index (κ2) is 6.17. The van der Waals surface area contributed by atoms with Crippen LogP contribution in [0.3, 0.4) is 0 Å². The minimum absolute atomic E-state index is 0.0233. The molecule has 1 amide bonds. The molecule has 0 aromatic heterocycles. The van der Waals surface area contributed by atoms with Crippen LogP contribution >= 0.6 is 11.8 Å². The molecule has 1 fully saturated rings. The fourth-order valence-electron chi connectivity index (χ4n) is 2.28. The van der Waals surface area contributed by atoms with Crippen LogP contribution in [0.2, 0.25) is 0 Å². The SMILES string of the molecule is Cc1cccc(C(=O)N2CCSCC2CC(=O)O)c1O. The van der Waals surface area contributed by atoms with E-state index in [2.05, 4.69) is 0 Å². The van der Waals surface area contributed by atoms with Crippen LogP contribution in [0.1, 0.15) is 22.3 Å². The number of benzene rings is 1. The number of carbonyl (C=O) groups is 2. The molecule has 0 bridgehead atoms. The summed E-state index contributed by atoms with van der Waals surface area (Å²) < 4.78 is 0. The van der Waals surface area contributed by atoms with Gasteiger partial charge in [-0.3, -0.25) is 9.59 Å². The lowest BCUT2D eigenvalue weighted by atomic mass is 10.1. The summed E-state index contributed by atoms with van der Waals surface area (Å²) in [5.41, 5.74) is 0.879. The summed E-state index contributed by atoms with van der Waals surface area (Å²) in [6, 6.07) is 4.70. The van der Waals surface area contributed by atoms with E-state index in [4.69, 9.17) is 5.11 Å². The van der Waals surface area contributed by atoms with Gasteiger partial charge in [0.1, 0.15) is 5.75 Å². The Hall–Kier alpha value is -1.69. The highest BCUT2D eigenvalue weighted by atomic mass is 32.2. The number of amides is 1. The number of carboxylic acid groups (broad SMARTS) is 1. The van der Waals surface area contributed by atoms with Crippen LogP contribution in [0.5, 0.6) is 5.75 Å². The average Bonchev–Trinajstić information content (AvgIpc) is 2.41. The first kappa shape index (κ1) is 14.7. The monoisotopic (exact) mass is 295 g/mol. The van der Waals surface area contributed by atoms with Crippen LogP contribution in [-0.4, -0.2) is 51.1 Å². The quantitative estimate of drug-likeness (QED) is 0.888. The molecule has 2 rings (SSSR count). The number of hydrogen-bond acceptors (Lipinski definition) is 4. The van der Waals surface area contributed by atoms with E-state index in [1.807, 2.05) is 0 Å². The predicted molar refractivity (Wildman–Crippen MR) is 77.2 cm³/mol. The lowest BCUT2D eigenvalue weighted by Crippen LogP contribution is -2.47. The van der Waals surface area contributed by atoms with Crippen molar-refractivity contribution < 1.29 is 19.8 Å². The summed E-state index contributed by atoms with van der Waals surface area (Å²) in [6.45, 7) is 2.24. The zero-order valence-corrected chi connectivity index (χ0v) is 12.0. The number of hydrogen-bond donors (Lipinski definition) is 2. The zero-order valence-electron chi connectivity index (χ0n) is 11.2. The van der Waals surface area contributed by atoms with Gasteiger partial charge < -0.3 is 15.1 Å². The molecule has 0 spiro atoms. The summed E-state index contributed by atoms with van der Waals surface area (Å²) in [4.78, 5) is 25.0. The Bertz CT molecular complexity index is 532. The maximum absolute atomic E-state index is 12.5. The van der Waals surface area contributed by atoms with E-state index in [0.29, 0.717) is 17.9 Å². The van der Waals surface area contributed by atoms with E-state index in [9.17, 15) is 14.7 Å². The van der Waals surface area contributed by atoms with Crippen LogP contribution in [0.15, 0.2) is 18.2 Å². The first-order chi connectivity index (χ1) is 9.50. The molecule has 1 atom stereocenters. The lowest BCUT2D eigenvalue weighted by Gasteiger charge is -2.34. The minimum Gasteiger partial charge on any atom is -0.507 e. The number of phenols is 1. The molecule has 6 heteroatoms. The third kappa shape index (κ3) is 3.07. The molecule has 0 aliphatic carbocycles. The van der Waals surface area contributed by atoms with Gasteiger partial charge in [0.25, 0.3) is 5.91 Å². The molecule has 1 heterocycles. The molecule has 20 heavy (non-hydrogen) atoms. The van der Waals surface area contributed by atoms with Crippen LogP contribution in [0.25, 0.3) is 0 Å². The molecule has 1 saturated heterocycles. The molecule has 1 unspecified atom stereocenters. The van der Waals surface area contributed by atoms with Gasteiger partial charge in [0, 0.05) is 18.1 Å². The van der Waals surface area contributed by atoms with Crippen LogP contribution < -0.4 is 0 Å². The summed E-state index contributed by atoms with van der Waals surface area (Å²) in [5.74, 6) is 0.172. The van der Waals surface area contributed by atoms with Gasteiger partial charge in [-0.25, -0.2) is 0 Å². The smallest absolute Gasteiger partial charge is 0.305 e. The van der Waals surface area contributed by atoms with Gasteiger partial charge in [0.05, 0.1) is 18.0 Å². The fraction of sp³-hybridized carbons (Fsp3) is 0.429. The molecule has 0 radical (unpaired) electrons. The highest BCUT2D eigenvalue weighted by Gasteiger charge is 2.30. The standard InChI is InChI=1S/C14H17NO4S/c1-9-3-2-4-11(13(9)18)14(19)15-5-6-20-8-10(15)7-12(16)17/h2-4,10,18H,5-8H2,1H3,(H,16,17). The largest absolute Gasteiger partial charge is 0.507 e. The zero-order chi connectivity index (χ0) is 14.7. The van der Waals surface area contributed by atoms with Crippen molar-refractivity contribution in [3.63, 3.8) is 0 Å². The van der Waals surface area contributed by atoms with Crippen molar-refractivity contribution in [1.29, 1.82) is 0 Å². The second-order valence-electron chi connectivity index (χ2n) is 4.80. The fourth-order valence-corrected chi connectivity index (χ4v) is 3.34. The number of phenolic OH excluding ortho intramolecular Hbond substituents is 1. The third-order valence-corrected chi connectivity index (χ3v) is 4.46. The Morgan fingerprint density at radius 3 is 2.90 bits per heavy atom. The molecule has 1 aromatic carbocycles. The summed E-state index contributed by atoms with van der Waals surface area (Å²) >= 11 is 1.65. The summed E-state index contributed by atoms with van der Waals surface area (Å²) in [5, 5.41) is 18.9. The van der Waals surface area contributed by atoms with E-state index in [-0.39, 0.29) is 29.7 Å². The van der Waals surface area contributed by atoms with Crippen molar-refractivity contribution in [3.05, 3.63) is 29.3 Å². The number of rotatable bonds is 3. The number of para-hydroxylation sites is 1. The molecular weight excluding hydrogens is 278 g/mol. The third-order valence-electron chi connectivity index (χ3n) is 3.37. The molecule has 1 aliphatic heterocycles. The Balaban J connectivity index is 2.25. The van der Waals surface area contributed by atoms with Gasteiger partial charge in [-0.1, -0.05) is 12.1 Å². The highest BCUT2D eigenvalue weighted by molar-refractivity contribution is 7.99. The number of aromatic hydroxyl groups is 1. The first-order valence-electron chi connectivity index (χ1n) is 6.39. The Morgan fingerprint density at radius 2 is 2.20 bits per heavy atom. The van der Waals surface area contributed by atoms with Crippen molar-refractivity contribution in [2.45, 2.75) is 19.4 Å². The van der Waals surface area contributed by atoms with Gasteiger partial charge in [0.15, 0.2) is 0 Å². The molecule has 1 aliphatic rings. The van der Waals surface area contributed by atoms with E-state index >= 15 is 0 Å². The number of aliphatic carboxylic acids is 1. The molecule has 2 N–H and O–H groups in total. The van der Waals surface area contributed by atoms with E-state index in [1.54, 1.807) is 41.8 Å². The number of carbonyl (C=O) groups excluding carboxylic acids is 1. The number of thioether (sulfide) groups is 1. The van der Waals surface area contributed by atoms with Crippen molar-refractivity contribution >= 4 is 23.6 Å². The van der Waals surface area contributed by atoms with Crippen molar-refractivity contribution in [1.82, 2.24) is 4.90 Å². The molecule has 0 saturated carbocycles. The van der Waals surface area contributed by atoms with Crippen LogP contribution in [0, 0.1) is 6.92 Å². The summed E-state index contributed by atoms with van der Waals surface area (Å²) in [6.07, 6.45) is -0.0642. The predicted octanol–water partition coefficient (Wildman–Crippen LogP) is 1.73. The topological polar surface area (TPSA) is 77.8 Å². The minimum atomic E-state index is -0.913. The van der Waals surface area contributed by atoms with Crippen LogP contribution in [-0.2, 0) is 4.79 Å². The number of aryl methyl sites for hydroxylation is 1. The van der Waals surface area contributed by atoms with Gasteiger partial charge in [0.2, 0.25) is 0 Å².